The van der Waals surface area contributed by atoms with E-state index in [1.807, 2.05) is 91.0 Å². The lowest BCUT2D eigenvalue weighted by molar-refractivity contribution is -0.146. The van der Waals surface area contributed by atoms with E-state index in [1.165, 1.54) is 6.07 Å². The summed E-state index contributed by atoms with van der Waals surface area (Å²) in [6, 6.07) is 32.4. The van der Waals surface area contributed by atoms with Gasteiger partial charge in [-0.2, -0.15) is 17.7 Å². The van der Waals surface area contributed by atoms with Gasteiger partial charge in [0.25, 0.3) is 5.82 Å². The molecule has 0 atom stereocenters. The number of halogens is 3. The zero-order chi connectivity index (χ0) is 22.9. The number of nitrogens with zero attached hydrogens (tertiary/aromatic N) is 5. The van der Waals surface area contributed by atoms with Gasteiger partial charge in [0.1, 0.15) is 0 Å². The van der Waals surface area contributed by atoms with Gasteiger partial charge in [0.15, 0.2) is 11.5 Å². The van der Waals surface area contributed by atoms with Crippen molar-refractivity contribution >= 4 is 34.4 Å². The van der Waals surface area contributed by atoms with E-state index in [2.05, 4.69) is 15.3 Å². The average Bonchev–Trinajstić information content (AvgIpc) is 3.28. The molecule has 9 heteroatoms. The van der Waals surface area contributed by atoms with Gasteiger partial charge in [-0.15, -0.1) is 15.3 Å². The Kier molecular flexibility index (Phi) is 5.30. The molecule has 0 N–H and O–H groups in total. The maximum atomic E-state index is 13.4. The third kappa shape index (κ3) is 3.83. The summed E-state index contributed by atoms with van der Waals surface area (Å²) in [4.78, 5) is 0. The second kappa shape index (κ2) is 8.30. The number of hydrogen-bond donors (Lipinski definition) is 0. The Hall–Kier alpha value is -3.77. The van der Waals surface area contributed by atoms with Crippen molar-refractivity contribution in [3.05, 3.63) is 109 Å². The quantitative estimate of drug-likeness (QED) is 0.355. The maximum Gasteiger partial charge on any atom is 0.453 e. The van der Waals surface area contributed by atoms with Crippen LogP contribution in [0.25, 0.3) is 5.65 Å². The summed E-state index contributed by atoms with van der Waals surface area (Å²) >= 11 is 0. The number of aromatic nitrogens is 4. The van der Waals surface area contributed by atoms with Gasteiger partial charge in [0.2, 0.25) is 0 Å². The number of rotatable bonds is 4. The number of hydrogen-bond acceptors (Lipinski definition) is 4. The molecule has 0 fully saturated rings. The standard InChI is InChI=1S/C24H17F3N5P/c25-24(26,27)23-29-28-22-17-16-21(30-32(22)23)31-33(18-10-4-1-5-11-18,19-12-6-2-7-13-19)20-14-8-3-9-15-20/h1-17H. The van der Waals surface area contributed by atoms with Gasteiger partial charge in [-0.1, -0.05) is 91.0 Å². The lowest BCUT2D eigenvalue weighted by Gasteiger charge is -2.26. The molecular formula is C24H17F3N5P. The van der Waals surface area contributed by atoms with E-state index in [1.54, 1.807) is 6.07 Å². The highest BCUT2D eigenvalue weighted by Crippen LogP contribution is 2.48. The molecule has 0 amide bonds. The predicted molar refractivity (Wildman–Crippen MR) is 123 cm³/mol. The van der Waals surface area contributed by atoms with Crippen LogP contribution in [0.1, 0.15) is 5.82 Å². The van der Waals surface area contributed by atoms with Gasteiger partial charge in [0, 0.05) is 15.9 Å². The van der Waals surface area contributed by atoms with Gasteiger partial charge in [-0.25, -0.2) is 4.74 Å². The van der Waals surface area contributed by atoms with E-state index in [-0.39, 0.29) is 11.5 Å². The molecule has 33 heavy (non-hydrogen) atoms. The molecule has 2 heterocycles. The monoisotopic (exact) mass is 463 g/mol. The first kappa shape index (κ1) is 21.1. The first-order valence-corrected chi connectivity index (χ1v) is 11.8. The van der Waals surface area contributed by atoms with Gasteiger partial charge in [0.05, 0.1) is 7.05 Å². The van der Waals surface area contributed by atoms with Gasteiger partial charge in [-0.05, 0) is 12.1 Å². The van der Waals surface area contributed by atoms with Crippen LogP contribution in [0.5, 0.6) is 0 Å². The normalized spacial score (nSPS) is 12.1. The van der Waals surface area contributed by atoms with E-state index < -0.39 is 19.1 Å². The van der Waals surface area contributed by atoms with Crippen LogP contribution in [0.15, 0.2) is 108 Å². The van der Waals surface area contributed by atoms with Crippen molar-refractivity contribution in [3.8, 4) is 0 Å². The Labute approximate surface area is 187 Å². The molecule has 0 radical (unpaired) electrons. The molecule has 0 aliphatic rings. The second-order valence-corrected chi connectivity index (χ2v) is 10.2. The minimum atomic E-state index is -4.68. The highest BCUT2D eigenvalue weighted by Gasteiger charge is 2.38. The fourth-order valence-corrected chi connectivity index (χ4v) is 7.18. The van der Waals surface area contributed by atoms with Gasteiger partial charge in [-0.3, -0.25) is 0 Å². The molecule has 3 aromatic carbocycles. The Bertz CT molecular complexity index is 1350. The molecule has 0 saturated carbocycles. The fraction of sp³-hybridized carbons (Fsp3) is 0.0417. The Balaban J connectivity index is 1.87. The zero-order valence-corrected chi connectivity index (χ0v) is 18.0. The van der Waals surface area contributed by atoms with Gasteiger partial charge >= 0.3 is 6.18 Å². The van der Waals surface area contributed by atoms with E-state index in [4.69, 9.17) is 4.74 Å². The molecule has 5 nitrogen and oxygen atoms in total. The molecule has 0 unspecified atom stereocenters. The Morgan fingerprint density at radius 1 is 0.636 bits per heavy atom. The van der Waals surface area contributed by atoms with Crippen molar-refractivity contribution in [1.82, 2.24) is 19.8 Å². The summed E-state index contributed by atoms with van der Waals surface area (Å²) in [7, 11) is -2.66. The molecule has 0 aliphatic carbocycles. The van der Waals surface area contributed by atoms with Gasteiger partial charge < -0.3 is 0 Å². The van der Waals surface area contributed by atoms with E-state index in [0.717, 1.165) is 15.9 Å². The first-order valence-electron chi connectivity index (χ1n) is 10.1. The molecule has 0 saturated heterocycles. The van der Waals surface area contributed by atoms with Crippen molar-refractivity contribution in [2.24, 2.45) is 4.74 Å². The minimum Gasteiger partial charge on any atom is -0.233 e. The zero-order valence-electron chi connectivity index (χ0n) is 17.1. The van der Waals surface area contributed by atoms with Crippen LogP contribution in [-0.2, 0) is 6.18 Å². The second-order valence-electron chi connectivity index (χ2n) is 7.22. The number of benzene rings is 3. The summed E-state index contributed by atoms with van der Waals surface area (Å²) in [6.45, 7) is 0. The molecule has 0 bridgehead atoms. The van der Waals surface area contributed by atoms with Crippen LogP contribution in [0.2, 0.25) is 0 Å². The van der Waals surface area contributed by atoms with Crippen LogP contribution in [0.3, 0.4) is 0 Å². The summed E-state index contributed by atoms with van der Waals surface area (Å²) in [5.74, 6) is -1.02. The van der Waals surface area contributed by atoms with Crippen LogP contribution < -0.4 is 15.9 Å². The molecule has 164 valence electrons. The molecule has 2 aromatic heterocycles. The topological polar surface area (TPSA) is 55.4 Å². The minimum absolute atomic E-state index is 0.00402. The van der Waals surface area contributed by atoms with Crippen LogP contribution in [0, 0.1) is 0 Å². The highest BCUT2D eigenvalue weighted by molar-refractivity contribution is 7.87. The smallest absolute Gasteiger partial charge is 0.233 e. The maximum absolute atomic E-state index is 13.4. The summed E-state index contributed by atoms with van der Waals surface area (Å²) < 4.78 is 46.1. The van der Waals surface area contributed by atoms with E-state index in [9.17, 15) is 13.2 Å². The number of fused-ring (bicyclic) bond motifs is 1. The SMILES string of the molecule is FC(F)(F)c1nnc2ccc(N=P(c3ccccc3)(c3ccccc3)c3ccccc3)nn12. The van der Waals surface area contributed by atoms with Crippen molar-refractivity contribution in [2.75, 3.05) is 0 Å². The number of alkyl halides is 3. The summed E-state index contributed by atoms with van der Waals surface area (Å²) in [5, 5.41) is 13.9. The third-order valence-electron chi connectivity index (χ3n) is 5.14. The molecule has 5 rings (SSSR count). The lowest BCUT2D eigenvalue weighted by atomic mass is 10.4. The fourth-order valence-electron chi connectivity index (χ4n) is 3.71. The third-order valence-corrected chi connectivity index (χ3v) is 8.79. The lowest BCUT2D eigenvalue weighted by Crippen LogP contribution is -2.25. The van der Waals surface area contributed by atoms with Crippen molar-refractivity contribution in [3.63, 3.8) is 0 Å². The van der Waals surface area contributed by atoms with E-state index >= 15 is 0 Å². The molecule has 0 spiro atoms. The van der Waals surface area contributed by atoms with Crippen molar-refractivity contribution in [2.45, 2.75) is 6.18 Å². The van der Waals surface area contributed by atoms with E-state index in [0.29, 0.717) is 4.52 Å². The Morgan fingerprint density at radius 2 is 1.12 bits per heavy atom. The van der Waals surface area contributed by atoms with Crippen LogP contribution in [-0.4, -0.2) is 19.8 Å². The summed E-state index contributed by atoms with van der Waals surface area (Å²) in [5.41, 5.74) is 0.00402. The van der Waals surface area contributed by atoms with Crippen molar-refractivity contribution in [1.29, 1.82) is 0 Å². The highest BCUT2D eigenvalue weighted by atomic mass is 31.2. The largest absolute Gasteiger partial charge is 0.453 e. The molecule has 0 aliphatic heterocycles. The summed E-state index contributed by atoms with van der Waals surface area (Å²) in [6.07, 6.45) is -4.68. The van der Waals surface area contributed by atoms with Crippen LogP contribution in [0.4, 0.5) is 19.0 Å². The Morgan fingerprint density at radius 3 is 1.58 bits per heavy atom. The van der Waals surface area contributed by atoms with Crippen LogP contribution >= 0.6 is 7.05 Å². The molecular weight excluding hydrogens is 446 g/mol. The predicted octanol–water partition coefficient (Wildman–Crippen LogP) is 4.95. The first-order chi connectivity index (χ1) is 16.0. The molecule has 5 aromatic rings. The average molecular weight is 463 g/mol. The van der Waals surface area contributed by atoms with Crippen molar-refractivity contribution < 1.29 is 13.2 Å².